The van der Waals surface area contributed by atoms with E-state index in [-0.39, 0.29) is 31.1 Å². The van der Waals surface area contributed by atoms with E-state index in [9.17, 15) is 14.4 Å². The highest BCUT2D eigenvalue weighted by molar-refractivity contribution is 5.71. The minimum Gasteiger partial charge on any atom is -0.462 e. The molecule has 79 heavy (non-hydrogen) atoms. The third-order valence-corrected chi connectivity index (χ3v) is 15.5. The van der Waals surface area contributed by atoms with Gasteiger partial charge >= 0.3 is 17.9 Å². The standard InChI is InChI=1S/C73H132O6/c1-4-7-10-13-16-19-22-24-26-28-30-31-32-33-34-35-36-37-38-39-40-41-42-43-44-46-47-49-51-54-57-60-63-66-72(75)78-69-70(68-77-71(74)65-62-59-56-53-21-18-15-12-9-6-3)79-73(76)67-64-61-58-55-52-50-48-45-29-27-25-23-20-17-14-11-8-5-2/h7,10,16,19,24,26,30-31,33-34,70H,4-6,8-9,11-15,17-18,20-23,25,27-29,32,35-69H2,1-3H3/b10-7-,19-16-,26-24-,31-30-,34-33-. The molecule has 0 aliphatic heterocycles. The second kappa shape index (κ2) is 67.6. The summed E-state index contributed by atoms with van der Waals surface area (Å²) in [5, 5.41) is 0. The molecule has 1 atom stereocenters. The van der Waals surface area contributed by atoms with Crippen molar-refractivity contribution in [2.24, 2.45) is 0 Å². The molecule has 6 nitrogen and oxygen atoms in total. The fourth-order valence-corrected chi connectivity index (χ4v) is 10.4. The average molecular weight is 1110 g/mol. The van der Waals surface area contributed by atoms with Crippen LogP contribution in [0.25, 0.3) is 0 Å². The van der Waals surface area contributed by atoms with Crippen LogP contribution < -0.4 is 0 Å². The van der Waals surface area contributed by atoms with Crippen molar-refractivity contribution in [1.82, 2.24) is 0 Å². The molecular weight excluding hydrogens is 973 g/mol. The van der Waals surface area contributed by atoms with Crippen molar-refractivity contribution in [1.29, 1.82) is 0 Å². The molecule has 0 radical (unpaired) electrons. The number of unbranched alkanes of at least 4 members (excludes halogenated alkanes) is 43. The summed E-state index contributed by atoms with van der Waals surface area (Å²) in [6, 6.07) is 0. The summed E-state index contributed by atoms with van der Waals surface area (Å²) in [7, 11) is 0. The molecule has 460 valence electrons. The van der Waals surface area contributed by atoms with Crippen LogP contribution in [-0.4, -0.2) is 37.2 Å². The minimum absolute atomic E-state index is 0.0664. The molecule has 0 aliphatic carbocycles. The smallest absolute Gasteiger partial charge is 0.306 e. The summed E-state index contributed by atoms with van der Waals surface area (Å²) in [6.07, 6.45) is 86.9. The highest BCUT2D eigenvalue weighted by Crippen LogP contribution is 2.18. The van der Waals surface area contributed by atoms with Crippen molar-refractivity contribution >= 4 is 17.9 Å². The maximum absolute atomic E-state index is 12.9. The normalized spacial score (nSPS) is 12.4. The van der Waals surface area contributed by atoms with Crippen molar-refractivity contribution in [3.05, 3.63) is 60.8 Å². The molecule has 0 aromatic heterocycles. The fourth-order valence-electron chi connectivity index (χ4n) is 10.4. The molecule has 0 N–H and O–H groups in total. The first-order valence-corrected chi connectivity index (χ1v) is 34.8. The Bertz CT molecular complexity index is 1410. The van der Waals surface area contributed by atoms with Gasteiger partial charge < -0.3 is 14.2 Å². The Morgan fingerprint density at radius 1 is 0.266 bits per heavy atom. The average Bonchev–Trinajstić information content (AvgIpc) is 3.45. The van der Waals surface area contributed by atoms with Gasteiger partial charge in [-0.3, -0.25) is 14.4 Å². The van der Waals surface area contributed by atoms with Gasteiger partial charge in [-0.15, -0.1) is 0 Å². The fraction of sp³-hybridized carbons (Fsp3) is 0.822. The van der Waals surface area contributed by atoms with Gasteiger partial charge in [-0.2, -0.15) is 0 Å². The van der Waals surface area contributed by atoms with E-state index in [1.807, 2.05) is 0 Å². The first-order chi connectivity index (χ1) is 39.0. The molecule has 0 spiro atoms. The molecule has 0 saturated heterocycles. The van der Waals surface area contributed by atoms with Crippen LogP contribution in [0, 0.1) is 0 Å². The van der Waals surface area contributed by atoms with Crippen molar-refractivity contribution in [3.8, 4) is 0 Å². The van der Waals surface area contributed by atoms with Crippen LogP contribution in [0.2, 0.25) is 0 Å². The van der Waals surface area contributed by atoms with E-state index in [1.165, 1.54) is 238 Å². The molecule has 0 heterocycles. The zero-order valence-electron chi connectivity index (χ0n) is 52.9. The predicted molar refractivity (Wildman–Crippen MR) is 344 cm³/mol. The van der Waals surface area contributed by atoms with Gasteiger partial charge in [0.25, 0.3) is 0 Å². The Morgan fingerprint density at radius 2 is 0.494 bits per heavy atom. The van der Waals surface area contributed by atoms with Crippen molar-refractivity contribution in [2.45, 2.75) is 374 Å². The Labute approximate surface area is 491 Å². The highest BCUT2D eigenvalue weighted by Gasteiger charge is 2.19. The Morgan fingerprint density at radius 3 is 0.772 bits per heavy atom. The van der Waals surface area contributed by atoms with Gasteiger partial charge in [-0.1, -0.05) is 345 Å². The van der Waals surface area contributed by atoms with Gasteiger partial charge in [0.05, 0.1) is 0 Å². The molecule has 0 bridgehead atoms. The van der Waals surface area contributed by atoms with Gasteiger partial charge in [0.1, 0.15) is 13.2 Å². The second-order valence-electron chi connectivity index (χ2n) is 23.4. The Hall–Kier alpha value is -2.89. The zero-order valence-corrected chi connectivity index (χ0v) is 52.9. The molecule has 6 heteroatoms. The maximum Gasteiger partial charge on any atom is 0.306 e. The Balaban J connectivity index is 4.08. The van der Waals surface area contributed by atoms with Crippen molar-refractivity contribution in [3.63, 3.8) is 0 Å². The summed E-state index contributed by atoms with van der Waals surface area (Å²) in [6.45, 7) is 6.57. The predicted octanol–water partition coefficient (Wildman–Crippen LogP) is 23.9. The van der Waals surface area contributed by atoms with Crippen LogP contribution in [0.5, 0.6) is 0 Å². The summed E-state index contributed by atoms with van der Waals surface area (Å²) in [4.78, 5) is 38.3. The number of carbonyl (C=O) groups is 3. The molecule has 0 aliphatic rings. The van der Waals surface area contributed by atoms with E-state index >= 15 is 0 Å². The number of ether oxygens (including phenoxy) is 3. The number of hydrogen-bond donors (Lipinski definition) is 0. The Kier molecular flexibility index (Phi) is 65.1. The number of rotatable bonds is 64. The highest BCUT2D eigenvalue weighted by atomic mass is 16.6. The van der Waals surface area contributed by atoms with E-state index in [0.717, 1.165) is 89.9 Å². The van der Waals surface area contributed by atoms with Crippen LogP contribution in [0.4, 0.5) is 0 Å². The molecule has 1 unspecified atom stereocenters. The van der Waals surface area contributed by atoms with Gasteiger partial charge in [0.2, 0.25) is 0 Å². The third kappa shape index (κ3) is 65.8. The van der Waals surface area contributed by atoms with Crippen molar-refractivity contribution < 1.29 is 28.6 Å². The zero-order chi connectivity index (χ0) is 57.1. The molecule has 0 aromatic carbocycles. The summed E-state index contributed by atoms with van der Waals surface area (Å²) < 4.78 is 16.9. The molecule has 0 aromatic rings. The number of hydrogen-bond acceptors (Lipinski definition) is 6. The van der Waals surface area contributed by atoms with Gasteiger partial charge in [-0.05, 0) is 64.2 Å². The minimum atomic E-state index is -0.768. The first kappa shape index (κ1) is 76.1. The first-order valence-electron chi connectivity index (χ1n) is 34.8. The topological polar surface area (TPSA) is 78.9 Å². The summed E-state index contributed by atoms with van der Waals surface area (Å²) in [5.41, 5.74) is 0. The van der Waals surface area contributed by atoms with E-state index in [1.54, 1.807) is 0 Å². The third-order valence-electron chi connectivity index (χ3n) is 15.5. The lowest BCUT2D eigenvalue weighted by Crippen LogP contribution is -2.30. The van der Waals surface area contributed by atoms with Crippen LogP contribution in [0.15, 0.2) is 60.8 Å². The molecule has 0 fully saturated rings. The number of carbonyl (C=O) groups excluding carboxylic acids is 3. The summed E-state index contributed by atoms with van der Waals surface area (Å²) in [5.74, 6) is -0.842. The van der Waals surface area contributed by atoms with Crippen LogP contribution in [0.3, 0.4) is 0 Å². The lowest BCUT2D eigenvalue weighted by molar-refractivity contribution is -0.167. The monoisotopic (exact) mass is 1110 g/mol. The maximum atomic E-state index is 12.9. The number of esters is 3. The summed E-state index contributed by atoms with van der Waals surface area (Å²) >= 11 is 0. The number of allylic oxidation sites excluding steroid dienone is 10. The van der Waals surface area contributed by atoms with E-state index in [2.05, 4.69) is 81.5 Å². The molecular formula is C73H132O6. The van der Waals surface area contributed by atoms with Crippen molar-refractivity contribution in [2.75, 3.05) is 13.2 Å². The SMILES string of the molecule is CC/C=C\C/C=C\C/C=C\C/C=C\C/C=C\CCCCCCCCCCCCCCCCCCCC(=O)OCC(COC(=O)CCCCCCCCCCCC)OC(=O)CCCCCCCCCCCCCCCCCCCC. The largest absolute Gasteiger partial charge is 0.462 e. The second-order valence-corrected chi connectivity index (χ2v) is 23.4. The van der Waals surface area contributed by atoms with E-state index in [0.29, 0.717) is 19.3 Å². The van der Waals surface area contributed by atoms with Crippen LogP contribution >= 0.6 is 0 Å². The van der Waals surface area contributed by atoms with E-state index in [4.69, 9.17) is 14.2 Å². The lowest BCUT2D eigenvalue weighted by Gasteiger charge is -2.18. The quantitative estimate of drug-likeness (QED) is 0.0261. The molecule has 0 amide bonds. The van der Waals surface area contributed by atoms with Crippen LogP contribution in [0.1, 0.15) is 367 Å². The van der Waals surface area contributed by atoms with Crippen LogP contribution in [-0.2, 0) is 28.6 Å². The van der Waals surface area contributed by atoms with Gasteiger partial charge in [-0.25, -0.2) is 0 Å². The van der Waals surface area contributed by atoms with Gasteiger partial charge in [0.15, 0.2) is 6.10 Å². The van der Waals surface area contributed by atoms with E-state index < -0.39 is 6.10 Å². The molecule has 0 saturated carbocycles. The molecule has 0 rings (SSSR count). The lowest BCUT2D eigenvalue weighted by atomic mass is 10.0. The van der Waals surface area contributed by atoms with Gasteiger partial charge in [0, 0.05) is 19.3 Å².